The van der Waals surface area contributed by atoms with Crippen LogP contribution in [-0.2, 0) is 11.3 Å². The highest BCUT2D eigenvalue weighted by Gasteiger charge is 2.37. The van der Waals surface area contributed by atoms with Gasteiger partial charge in [0.05, 0.1) is 0 Å². The van der Waals surface area contributed by atoms with Crippen molar-refractivity contribution in [3.63, 3.8) is 0 Å². The number of hydrogen-bond donors (Lipinski definition) is 1. The third kappa shape index (κ3) is 6.40. The van der Waals surface area contributed by atoms with Crippen LogP contribution in [0.15, 0.2) is 23.2 Å². The van der Waals surface area contributed by atoms with Crippen LogP contribution in [0.2, 0.25) is 0 Å². The van der Waals surface area contributed by atoms with Crippen molar-refractivity contribution < 1.29 is 27.4 Å². The number of carbonyl (C=O) groups excluding carboxylic acids is 1. The first-order valence-corrected chi connectivity index (χ1v) is 8.99. The molecule has 9 heteroatoms. The van der Waals surface area contributed by atoms with Crippen molar-refractivity contribution in [2.24, 2.45) is 10.7 Å². The maximum atomic E-state index is 12.7. The van der Waals surface area contributed by atoms with Gasteiger partial charge in [-0.1, -0.05) is 6.07 Å². The molecule has 0 fully saturated rings. The van der Waals surface area contributed by atoms with Gasteiger partial charge >= 0.3 is 12.3 Å². The molecule has 156 valence electrons. The lowest BCUT2D eigenvalue weighted by Gasteiger charge is -2.29. The van der Waals surface area contributed by atoms with Crippen molar-refractivity contribution in [3.8, 4) is 5.75 Å². The Bertz CT molecular complexity index is 729. The van der Waals surface area contributed by atoms with Gasteiger partial charge < -0.3 is 20.1 Å². The average Bonchev–Trinajstić information content (AvgIpc) is 2.55. The summed E-state index contributed by atoms with van der Waals surface area (Å²) in [5, 5.41) is 0. The van der Waals surface area contributed by atoms with Crippen LogP contribution < -0.4 is 10.5 Å². The smallest absolute Gasteiger partial charge is 0.410 e. The second kappa shape index (κ2) is 8.38. The topological polar surface area (TPSA) is 77.2 Å². The summed E-state index contributed by atoms with van der Waals surface area (Å²) < 4.78 is 49.1. The molecule has 0 saturated heterocycles. The third-order valence-electron chi connectivity index (χ3n) is 3.92. The summed E-state index contributed by atoms with van der Waals surface area (Å²) in [6.07, 6.45) is -4.13. The summed E-state index contributed by atoms with van der Waals surface area (Å²) in [5.74, 6) is 0.613. The summed E-state index contributed by atoms with van der Waals surface area (Å²) in [6, 6.07) is 3.19. The Kier molecular flexibility index (Phi) is 6.59. The first-order valence-electron chi connectivity index (χ1n) is 8.99. The summed E-state index contributed by atoms with van der Waals surface area (Å²) in [4.78, 5) is 18.0. The zero-order valence-electron chi connectivity index (χ0n) is 16.4. The van der Waals surface area contributed by atoms with Gasteiger partial charge in [-0.15, -0.1) is 0 Å². The normalized spacial score (nSPS) is 17.5. The SMILES string of the molecule is CC1C=Nc2cc(CN(CCC(N)C(F)(F)F)C(=O)OC(C)(C)C)ccc2O1. The van der Waals surface area contributed by atoms with Crippen molar-refractivity contribution in [1.29, 1.82) is 0 Å². The average molecular weight is 401 g/mol. The van der Waals surface area contributed by atoms with Gasteiger partial charge in [0.25, 0.3) is 0 Å². The zero-order chi connectivity index (χ0) is 21.1. The highest BCUT2D eigenvalue weighted by atomic mass is 19.4. The molecule has 2 atom stereocenters. The molecule has 0 radical (unpaired) electrons. The molecule has 1 aromatic rings. The molecule has 2 unspecified atom stereocenters. The van der Waals surface area contributed by atoms with E-state index in [1.165, 1.54) is 4.90 Å². The van der Waals surface area contributed by atoms with Gasteiger partial charge in [-0.05, 0) is 51.8 Å². The van der Waals surface area contributed by atoms with E-state index >= 15 is 0 Å². The first kappa shape index (κ1) is 22.0. The van der Waals surface area contributed by atoms with E-state index in [2.05, 4.69) is 4.99 Å². The van der Waals surface area contributed by atoms with E-state index < -0.39 is 30.3 Å². The Hall–Kier alpha value is -2.29. The Morgan fingerprint density at radius 2 is 2.04 bits per heavy atom. The molecule has 0 aromatic heterocycles. The molecule has 1 aromatic carbocycles. The van der Waals surface area contributed by atoms with Crippen LogP contribution in [0.3, 0.4) is 0 Å². The predicted molar refractivity (Wildman–Crippen MR) is 100.0 cm³/mol. The lowest BCUT2D eigenvalue weighted by molar-refractivity contribution is -0.149. The van der Waals surface area contributed by atoms with Crippen molar-refractivity contribution in [2.45, 2.75) is 64.6 Å². The van der Waals surface area contributed by atoms with Gasteiger partial charge in [0, 0.05) is 19.3 Å². The highest BCUT2D eigenvalue weighted by Crippen LogP contribution is 2.32. The number of rotatable bonds is 5. The number of nitrogens with zero attached hydrogens (tertiary/aromatic N) is 2. The molecule has 2 rings (SSSR count). The van der Waals surface area contributed by atoms with Crippen molar-refractivity contribution in [1.82, 2.24) is 4.90 Å². The van der Waals surface area contributed by atoms with Crippen LogP contribution >= 0.6 is 0 Å². The highest BCUT2D eigenvalue weighted by molar-refractivity contribution is 5.74. The summed E-state index contributed by atoms with van der Waals surface area (Å²) in [6.45, 7) is 6.81. The fourth-order valence-corrected chi connectivity index (χ4v) is 2.52. The van der Waals surface area contributed by atoms with E-state index in [4.69, 9.17) is 15.2 Å². The van der Waals surface area contributed by atoms with E-state index in [0.717, 1.165) is 0 Å². The quantitative estimate of drug-likeness (QED) is 0.803. The van der Waals surface area contributed by atoms with Gasteiger partial charge in [0.15, 0.2) is 0 Å². The molecule has 0 aliphatic carbocycles. The number of aliphatic imine (C=N–C) groups is 1. The second-order valence-electron chi connectivity index (χ2n) is 7.74. The minimum absolute atomic E-state index is 0.0673. The van der Waals surface area contributed by atoms with Crippen molar-refractivity contribution in [3.05, 3.63) is 23.8 Å². The van der Waals surface area contributed by atoms with E-state index in [0.29, 0.717) is 17.0 Å². The number of nitrogens with two attached hydrogens (primary N) is 1. The molecule has 6 nitrogen and oxygen atoms in total. The third-order valence-corrected chi connectivity index (χ3v) is 3.92. The Labute approximate surface area is 162 Å². The van der Waals surface area contributed by atoms with Crippen LogP contribution in [0, 0.1) is 0 Å². The largest absolute Gasteiger partial charge is 0.483 e. The minimum atomic E-state index is -4.52. The van der Waals surface area contributed by atoms with Gasteiger partial charge in [0.2, 0.25) is 0 Å². The van der Waals surface area contributed by atoms with E-state index in [1.807, 2.05) is 6.92 Å². The van der Waals surface area contributed by atoms with Crippen LogP contribution in [0.4, 0.5) is 23.7 Å². The van der Waals surface area contributed by atoms with Gasteiger partial charge in [0.1, 0.15) is 29.2 Å². The molecular weight excluding hydrogens is 375 g/mol. The van der Waals surface area contributed by atoms with E-state index in [9.17, 15) is 18.0 Å². The lowest BCUT2D eigenvalue weighted by atomic mass is 10.1. The van der Waals surface area contributed by atoms with E-state index in [-0.39, 0.29) is 19.2 Å². The maximum absolute atomic E-state index is 12.7. The Balaban J connectivity index is 2.15. The monoisotopic (exact) mass is 401 g/mol. The molecule has 0 spiro atoms. The number of ether oxygens (including phenoxy) is 2. The number of fused-ring (bicyclic) bond motifs is 1. The number of benzene rings is 1. The standard InChI is InChI=1S/C19H26F3N3O3/c1-12-10-24-14-9-13(5-6-15(14)27-12)11-25(17(26)28-18(2,3)4)8-7-16(23)19(20,21)22/h5-6,9-10,12,16H,7-8,11,23H2,1-4H3. The van der Waals surface area contributed by atoms with Gasteiger partial charge in [-0.3, -0.25) is 4.99 Å². The van der Waals surface area contributed by atoms with E-state index in [1.54, 1.807) is 45.2 Å². The molecular formula is C19H26F3N3O3. The summed E-state index contributed by atoms with van der Waals surface area (Å²) in [7, 11) is 0. The van der Waals surface area contributed by atoms with Crippen LogP contribution in [0.5, 0.6) is 5.75 Å². The summed E-state index contributed by atoms with van der Waals surface area (Å²) >= 11 is 0. The molecule has 0 saturated carbocycles. The number of hydrogen-bond acceptors (Lipinski definition) is 5. The number of alkyl halides is 3. The molecule has 1 amide bonds. The molecule has 28 heavy (non-hydrogen) atoms. The van der Waals surface area contributed by atoms with Crippen molar-refractivity contribution in [2.75, 3.05) is 6.54 Å². The van der Waals surface area contributed by atoms with Crippen LogP contribution in [0.1, 0.15) is 39.7 Å². The van der Waals surface area contributed by atoms with Gasteiger partial charge in [-0.25, -0.2) is 4.79 Å². The van der Waals surface area contributed by atoms with Gasteiger partial charge in [-0.2, -0.15) is 13.2 Å². The zero-order valence-corrected chi connectivity index (χ0v) is 16.4. The Morgan fingerprint density at radius 3 is 2.64 bits per heavy atom. The molecule has 0 bridgehead atoms. The fraction of sp³-hybridized carbons (Fsp3) is 0.579. The summed E-state index contributed by atoms with van der Waals surface area (Å²) in [5.41, 5.74) is 5.71. The number of halogens is 3. The maximum Gasteiger partial charge on any atom is 0.410 e. The first-order chi connectivity index (χ1) is 12.8. The number of amides is 1. The fourth-order valence-electron chi connectivity index (χ4n) is 2.52. The molecule has 2 N–H and O–H groups in total. The molecule has 1 heterocycles. The predicted octanol–water partition coefficient (Wildman–Crippen LogP) is 4.19. The lowest BCUT2D eigenvalue weighted by Crippen LogP contribution is -2.43. The Morgan fingerprint density at radius 1 is 1.36 bits per heavy atom. The molecule has 1 aliphatic rings. The van der Waals surface area contributed by atoms with Crippen molar-refractivity contribution >= 4 is 18.0 Å². The second-order valence-corrected chi connectivity index (χ2v) is 7.74. The number of carbonyl (C=O) groups is 1. The van der Waals surface area contributed by atoms with Crippen LogP contribution in [0.25, 0.3) is 0 Å². The molecule has 1 aliphatic heterocycles. The minimum Gasteiger partial charge on any atom is -0.483 e. The van der Waals surface area contributed by atoms with Crippen LogP contribution in [-0.4, -0.2) is 47.7 Å².